The van der Waals surface area contributed by atoms with Crippen molar-refractivity contribution in [2.24, 2.45) is 0 Å². The Morgan fingerprint density at radius 2 is 1.86 bits per heavy atom. The second-order valence-corrected chi connectivity index (χ2v) is 5.38. The number of hydroxylamine groups is 2. The van der Waals surface area contributed by atoms with E-state index in [9.17, 15) is 19.5 Å². The third-order valence-corrected chi connectivity index (χ3v) is 3.88. The van der Waals surface area contributed by atoms with E-state index in [2.05, 4.69) is 0 Å². The Morgan fingerprint density at radius 3 is 2.27 bits per heavy atom. The molecule has 7 heteroatoms. The van der Waals surface area contributed by atoms with Crippen LogP contribution in [0.2, 0.25) is 0 Å². The molecule has 0 heterocycles. The first-order valence-electron chi connectivity index (χ1n) is 6.65. The summed E-state index contributed by atoms with van der Waals surface area (Å²) < 4.78 is 0. The van der Waals surface area contributed by atoms with Crippen LogP contribution in [0.1, 0.15) is 23.7 Å². The number of Topliss-reactive ketones (excluding diaryl/α,β-unsaturated/α-hetero) is 1. The number of ketones is 1. The smallest absolute Gasteiger partial charge is 0.341 e. The molecule has 0 bridgehead atoms. The van der Waals surface area contributed by atoms with Gasteiger partial charge in [0.1, 0.15) is 0 Å². The van der Waals surface area contributed by atoms with Crippen molar-refractivity contribution in [2.45, 2.75) is 18.9 Å². The third-order valence-electron chi connectivity index (χ3n) is 3.18. The van der Waals surface area contributed by atoms with Crippen molar-refractivity contribution >= 4 is 29.4 Å². The van der Waals surface area contributed by atoms with Gasteiger partial charge in [-0.3, -0.25) is 14.4 Å². The summed E-state index contributed by atoms with van der Waals surface area (Å²) in [6, 6.07) is 8.03. The van der Waals surface area contributed by atoms with E-state index in [0.717, 1.165) is 11.8 Å². The van der Waals surface area contributed by atoms with E-state index in [0.29, 0.717) is 5.06 Å². The second-order valence-electron chi connectivity index (χ2n) is 4.52. The van der Waals surface area contributed by atoms with Crippen molar-refractivity contribution in [3.63, 3.8) is 0 Å². The summed E-state index contributed by atoms with van der Waals surface area (Å²) >= 11 is 1.16. The van der Waals surface area contributed by atoms with E-state index >= 15 is 0 Å². The summed E-state index contributed by atoms with van der Waals surface area (Å²) in [6.45, 7) is 1.58. The number of carboxylic acid groups (broad SMARTS) is 1. The predicted octanol–water partition coefficient (Wildman–Crippen LogP) is 1.86. The summed E-state index contributed by atoms with van der Waals surface area (Å²) in [7, 11) is 1.18. The first-order valence-corrected chi connectivity index (χ1v) is 8.04. The molecule has 0 fully saturated rings. The van der Waals surface area contributed by atoms with Gasteiger partial charge in [-0.1, -0.05) is 37.3 Å². The highest BCUT2D eigenvalue weighted by atomic mass is 32.2. The maximum absolute atomic E-state index is 12.9. The fourth-order valence-corrected chi connectivity index (χ4v) is 2.90. The summed E-state index contributed by atoms with van der Waals surface area (Å²) in [5.74, 6) is -2.78. The van der Waals surface area contributed by atoms with Crippen molar-refractivity contribution in [3.05, 3.63) is 35.9 Å². The van der Waals surface area contributed by atoms with Crippen LogP contribution in [0.3, 0.4) is 0 Å². The molecule has 0 aromatic heterocycles. The minimum Gasteiger partial charge on any atom is -0.479 e. The monoisotopic (exact) mass is 325 g/mol. The van der Waals surface area contributed by atoms with Crippen LogP contribution >= 0.6 is 11.8 Å². The maximum Gasteiger partial charge on any atom is 0.341 e. The molecule has 1 aromatic carbocycles. The third kappa shape index (κ3) is 3.31. The first-order chi connectivity index (χ1) is 10.4. The lowest BCUT2D eigenvalue weighted by Crippen LogP contribution is -2.63. The van der Waals surface area contributed by atoms with E-state index in [4.69, 9.17) is 4.84 Å². The number of aliphatic carboxylic acids is 1. The number of carbonyl (C=O) groups is 3. The zero-order valence-electron chi connectivity index (χ0n) is 12.7. The molecule has 1 N–H and O–H groups in total. The molecule has 1 amide bonds. The minimum atomic E-state index is -2.09. The number of carbonyl (C=O) groups excluding carboxylic acids is 2. The van der Waals surface area contributed by atoms with E-state index < -0.39 is 23.2 Å². The second kappa shape index (κ2) is 7.95. The van der Waals surface area contributed by atoms with E-state index in [-0.39, 0.29) is 17.7 Å². The quantitative estimate of drug-likeness (QED) is 0.446. The van der Waals surface area contributed by atoms with Gasteiger partial charge in [-0.15, -0.1) is 0 Å². The van der Waals surface area contributed by atoms with Crippen molar-refractivity contribution in [1.29, 1.82) is 0 Å². The van der Waals surface area contributed by atoms with E-state index in [1.54, 1.807) is 31.4 Å². The lowest BCUT2D eigenvalue weighted by molar-refractivity contribution is -0.205. The van der Waals surface area contributed by atoms with Crippen LogP contribution in [0.5, 0.6) is 0 Å². The molecule has 1 atom stereocenters. The lowest BCUT2D eigenvalue weighted by atomic mass is 9.90. The van der Waals surface area contributed by atoms with Crippen LogP contribution in [-0.4, -0.2) is 52.5 Å². The normalized spacial score (nSPS) is 13.2. The Morgan fingerprint density at radius 1 is 1.27 bits per heavy atom. The van der Waals surface area contributed by atoms with Crippen LogP contribution in [0.15, 0.2) is 30.3 Å². The number of amides is 1. The molecule has 6 nitrogen and oxygen atoms in total. The molecule has 0 saturated carbocycles. The summed E-state index contributed by atoms with van der Waals surface area (Å²) in [4.78, 5) is 41.9. The van der Waals surface area contributed by atoms with Gasteiger partial charge >= 0.3 is 5.97 Å². The van der Waals surface area contributed by atoms with Crippen LogP contribution in [-0.2, 0) is 14.4 Å². The molecule has 0 aliphatic rings. The average molecular weight is 325 g/mol. The number of hydrogen-bond acceptors (Lipinski definition) is 5. The molecule has 1 rings (SSSR count). The highest BCUT2D eigenvalue weighted by Gasteiger charge is 2.54. The fourth-order valence-electron chi connectivity index (χ4n) is 2.11. The van der Waals surface area contributed by atoms with Gasteiger partial charge in [-0.2, -0.15) is 16.8 Å². The van der Waals surface area contributed by atoms with Gasteiger partial charge in [-0.05, 0) is 6.26 Å². The highest BCUT2D eigenvalue weighted by molar-refractivity contribution is 7.98. The van der Waals surface area contributed by atoms with Crippen LogP contribution < -0.4 is 0 Å². The largest absolute Gasteiger partial charge is 0.479 e. The van der Waals surface area contributed by atoms with E-state index in [1.807, 2.05) is 0 Å². The van der Waals surface area contributed by atoms with Gasteiger partial charge in [0.05, 0.1) is 7.11 Å². The van der Waals surface area contributed by atoms with Gasteiger partial charge in [0, 0.05) is 17.7 Å². The highest BCUT2D eigenvalue weighted by Crippen LogP contribution is 2.27. The van der Waals surface area contributed by atoms with Gasteiger partial charge in [-0.25, -0.2) is 4.79 Å². The molecule has 0 aliphatic heterocycles. The molecule has 22 heavy (non-hydrogen) atoms. The zero-order valence-corrected chi connectivity index (χ0v) is 13.6. The zero-order chi connectivity index (χ0) is 16.8. The Balaban J connectivity index is 3.47. The number of hydrogen-bond donors (Lipinski definition) is 1. The van der Waals surface area contributed by atoms with Crippen molar-refractivity contribution in [1.82, 2.24) is 5.06 Å². The van der Waals surface area contributed by atoms with Gasteiger partial charge in [0.25, 0.3) is 0 Å². The molecule has 1 aromatic rings. The molecular formula is C15H19NO5S. The molecule has 120 valence electrons. The summed E-state index contributed by atoms with van der Waals surface area (Å²) in [5.41, 5.74) is -1.88. The number of benzene rings is 1. The van der Waals surface area contributed by atoms with Crippen molar-refractivity contribution in [3.8, 4) is 0 Å². The molecule has 0 saturated heterocycles. The minimum absolute atomic E-state index is 0.0271. The predicted molar refractivity (Wildman–Crippen MR) is 83.7 cm³/mol. The van der Waals surface area contributed by atoms with E-state index in [1.165, 1.54) is 19.2 Å². The average Bonchev–Trinajstić information content (AvgIpc) is 2.54. The Labute approximate surface area is 133 Å². The Kier molecular flexibility index (Phi) is 6.58. The van der Waals surface area contributed by atoms with Gasteiger partial charge < -0.3 is 5.11 Å². The van der Waals surface area contributed by atoms with Gasteiger partial charge in [0.2, 0.25) is 17.2 Å². The first kappa shape index (κ1) is 18.2. The molecule has 0 aliphatic carbocycles. The molecular weight excluding hydrogens is 306 g/mol. The Bertz CT molecular complexity index is 548. The fraction of sp³-hybridized carbons (Fsp3) is 0.400. The number of nitrogens with zero attached hydrogens (tertiary/aromatic N) is 1. The topological polar surface area (TPSA) is 83.9 Å². The SMILES string of the molecule is CCC(=O)N(OC)[C@@](CSC)(C(=O)O)C(=O)c1ccccc1. The summed E-state index contributed by atoms with van der Waals surface area (Å²) in [6.07, 6.45) is 1.69. The molecule has 0 unspecified atom stereocenters. The van der Waals surface area contributed by atoms with Crippen molar-refractivity contribution < 1.29 is 24.3 Å². The number of carboxylic acids is 1. The van der Waals surface area contributed by atoms with Crippen molar-refractivity contribution in [2.75, 3.05) is 19.1 Å². The van der Waals surface area contributed by atoms with Crippen LogP contribution in [0, 0.1) is 0 Å². The standard InChI is InChI=1S/C15H19NO5S/c1-4-12(17)16(21-2)15(10-22-3,14(19)20)13(18)11-8-6-5-7-9-11/h5-9H,4,10H2,1-3H3,(H,19,20)/t15-/m1/s1. The Hall–Kier alpha value is -1.86. The van der Waals surface area contributed by atoms with Gasteiger partial charge in [0.15, 0.2) is 0 Å². The number of rotatable bonds is 8. The molecule has 0 radical (unpaired) electrons. The maximum atomic E-state index is 12.9. The van der Waals surface area contributed by atoms with Crippen LogP contribution in [0.25, 0.3) is 0 Å². The summed E-state index contributed by atoms with van der Waals surface area (Å²) in [5, 5.41) is 10.4. The lowest BCUT2D eigenvalue weighted by Gasteiger charge is -2.36. The number of thioether (sulfide) groups is 1. The molecule has 0 spiro atoms. The van der Waals surface area contributed by atoms with Crippen LogP contribution in [0.4, 0.5) is 0 Å².